The molecule has 4 N–H and O–H groups in total. The molecule has 0 spiro atoms. The van der Waals surface area contributed by atoms with Gasteiger partial charge in [-0.2, -0.15) is 0 Å². The highest BCUT2D eigenvalue weighted by Gasteiger charge is 2.13. The lowest BCUT2D eigenvalue weighted by atomic mass is 10.2. The summed E-state index contributed by atoms with van der Waals surface area (Å²) >= 11 is 0. The number of rotatable bonds is 5. The summed E-state index contributed by atoms with van der Waals surface area (Å²) in [5, 5.41) is 7.00. The molecule has 0 bridgehead atoms. The van der Waals surface area contributed by atoms with Gasteiger partial charge in [0.05, 0.1) is 5.52 Å². The number of hydrogen-bond acceptors (Lipinski definition) is 4. The van der Waals surface area contributed by atoms with Gasteiger partial charge < -0.3 is 16.4 Å². The molecule has 0 saturated carbocycles. The van der Waals surface area contributed by atoms with Crippen LogP contribution in [0.4, 0.5) is 11.5 Å². The Bertz CT molecular complexity index is 639. The quantitative estimate of drug-likeness (QED) is 0.737. The zero-order valence-electron chi connectivity index (χ0n) is 12.7. The Morgan fingerprint density at radius 1 is 1.24 bits per heavy atom. The van der Waals surface area contributed by atoms with Gasteiger partial charge in [-0.05, 0) is 43.2 Å². The maximum absolute atomic E-state index is 11.9. The minimum Gasteiger partial charge on any atom is -0.399 e. The Labute approximate surface area is 124 Å². The zero-order chi connectivity index (χ0) is 15.4. The van der Waals surface area contributed by atoms with Crippen molar-refractivity contribution in [3.63, 3.8) is 0 Å². The van der Waals surface area contributed by atoms with Crippen LogP contribution in [0.25, 0.3) is 10.9 Å². The lowest BCUT2D eigenvalue weighted by Crippen LogP contribution is -2.39. The highest BCUT2D eigenvalue weighted by molar-refractivity contribution is 5.86. The van der Waals surface area contributed by atoms with Crippen LogP contribution in [0, 0.1) is 5.92 Å². The number of carbonyl (C=O) groups is 1. The Morgan fingerprint density at radius 2 is 2.00 bits per heavy atom. The number of amides is 1. The number of nitrogens with zero attached hydrogens (tertiary/aromatic N) is 1. The molecule has 2 rings (SSSR count). The second-order valence-corrected chi connectivity index (χ2v) is 5.65. The standard InChI is InChI=1S/C16H22N4O/c1-10(2)9-18-16(21)11(3)19-15-7-4-12-8-13(17)5-6-14(12)20-15/h4-8,10-11H,9,17H2,1-3H3,(H,18,21)(H,19,20). The van der Waals surface area contributed by atoms with Gasteiger partial charge in [-0.3, -0.25) is 4.79 Å². The van der Waals surface area contributed by atoms with Gasteiger partial charge in [0, 0.05) is 17.6 Å². The number of fused-ring (bicyclic) bond motifs is 1. The third kappa shape index (κ3) is 4.08. The average molecular weight is 286 g/mol. The number of aromatic nitrogens is 1. The third-order valence-electron chi connectivity index (χ3n) is 3.16. The summed E-state index contributed by atoms with van der Waals surface area (Å²) in [6.45, 7) is 6.63. The first-order valence-corrected chi connectivity index (χ1v) is 7.16. The van der Waals surface area contributed by atoms with Crippen LogP contribution in [-0.2, 0) is 4.79 Å². The van der Waals surface area contributed by atoms with Crippen LogP contribution in [0.15, 0.2) is 30.3 Å². The van der Waals surface area contributed by atoms with Crippen LogP contribution in [0.3, 0.4) is 0 Å². The van der Waals surface area contributed by atoms with Crippen LogP contribution in [0.1, 0.15) is 20.8 Å². The molecule has 0 aliphatic rings. The summed E-state index contributed by atoms with van der Waals surface area (Å²) in [5.74, 6) is 1.09. The van der Waals surface area contributed by atoms with E-state index in [-0.39, 0.29) is 11.9 Å². The van der Waals surface area contributed by atoms with Gasteiger partial charge >= 0.3 is 0 Å². The lowest BCUT2D eigenvalue weighted by molar-refractivity contribution is -0.121. The minimum absolute atomic E-state index is 0.0251. The molecule has 5 nitrogen and oxygen atoms in total. The Hall–Kier alpha value is -2.30. The Kier molecular flexibility index (Phi) is 4.62. The minimum atomic E-state index is -0.331. The SMILES string of the molecule is CC(C)CNC(=O)C(C)Nc1ccc2cc(N)ccc2n1. The van der Waals surface area contributed by atoms with Crippen molar-refractivity contribution in [2.75, 3.05) is 17.6 Å². The summed E-state index contributed by atoms with van der Waals surface area (Å²) < 4.78 is 0. The van der Waals surface area contributed by atoms with E-state index >= 15 is 0 Å². The van der Waals surface area contributed by atoms with Gasteiger partial charge in [0.15, 0.2) is 0 Å². The topological polar surface area (TPSA) is 80.0 Å². The summed E-state index contributed by atoms with van der Waals surface area (Å²) in [7, 11) is 0. The molecule has 112 valence electrons. The van der Waals surface area contributed by atoms with Crippen LogP contribution in [0.2, 0.25) is 0 Å². The molecule has 0 radical (unpaired) electrons. The van der Waals surface area contributed by atoms with E-state index in [2.05, 4.69) is 29.5 Å². The van der Waals surface area contributed by atoms with Gasteiger partial charge in [-0.15, -0.1) is 0 Å². The molecule has 1 aromatic carbocycles. The molecule has 5 heteroatoms. The first-order valence-electron chi connectivity index (χ1n) is 7.16. The zero-order valence-corrected chi connectivity index (χ0v) is 12.7. The van der Waals surface area contributed by atoms with Crippen molar-refractivity contribution in [3.05, 3.63) is 30.3 Å². The molecule has 0 aliphatic heterocycles. The fraction of sp³-hybridized carbons (Fsp3) is 0.375. The second kappa shape index (κ2) is 6.43. The summed E-state index contributed by atoms with van der Waals surface area (Å²) in [4.78, 5) is 16.4. The predicted octanol–water partition coefficient (Wildman–Crippen LogP) is 2.39. The van der Waals surface area contributed by atoms with Crippen molar-refractivity contribution in [2.45, 2.75) is 26.8 Å². The fourth-order valence-electron chi connectivity index (χ4n) is 1.97. The lowest BCUT2D eigenvalue weighted by Gasteiger charge is -2.16. The van der Waals surface area contributed by atoms with Gasteiger partial charge in [0.25, 0.3) is 0 Å². The van der Waals surface area contributed by atoms with Crippen molar-refractivity contribution in [3.8, 4) is 0 Å². The number of nitrogens with two attached hydrogens (primary N) is 1. The van der Waals surface area contributed by atoms with Crippen LogP contribution >= 0.6 is 0 Å². The maximum Gasteiger partial charge on any atom is 0.242 e. The Balaban J connectivity index is 2.05. The van der Waals surface area contributed by atoms with Crippen molar-refractivity contribution in [1.82, 2.24) is 10.3 Å². The average Bonchev–Trinajstić information content (AvgIpc) is 2.44. The van der Waals surface area contributed by atoms with Gasteiger partial charge in [0.2, 0.25) is 5.91 Å². The predicted molar refractivity (Wildman–Crippen MR) is 87.1 cm³/mol. The number of hydrogen-bond donors (Lipinski definition) is 3. The molecule has 0 fully saturated rings. The van der Waals surface area contributed by atoms with E-state index in [4.69, 9.17) is 5.73 Å². The van der Waals surface area contributed by atoms with E-state index in [0.717, 1.165) is 10.9 Å². The van der Waals surface area contributed by atoms with Crippen molar-refractivity contribution in [1.29, 1.82) is 0 Å². The highest BCUT2D eigenvalue weighted by atomic mass is 16.2. The number of pyridine rings is 1. The molecular formula is C16H22N4O. The molecule has 1 unspecified atom stereocenters. The second-order valence-electron chi connectivity index (χ2n) is 5.65. The number of anilines is 2. The number of nitrogen functional groups attached to an aromatic ring is 1. The van der Waals surface area contributed by atoms with E-state index in [9.17, 15) is 4.79 Å². The van der Waals surface area contributed by atoms with Crippen molar-refractivity contribution < 1.29 is 4.79 Å². The van der Waals surface area contributed by atoms with Crippen LogP contribution in [0.5, 0.6) is 0 Å². The normalized spacial score (nSPS) is 12.4. The Morgan fingerprint density at radius 3 is 2.71 bits per heavy atom. The van der Waals surface area contributed by atoms with Crippen molar-refractivity contribution >= 4 is 28.3 Å². The molecule has 1 atom stereocenters. The summed E-state index contributed by atoms with van der Waals surface area (Å²) in [6.07, 6.45) is 0. The van der Waals surface area contributed by atoms with Gasteiger partial charge in [0.1, 0.15) is 11.9 Å². The molecular weight excluding hydrogens is 264 g/mol. The van der Waals surface area contributed by atoms with E-state index in [1.807, 2.05) is 37.3 Å². The van der Waals surface area contributed by atoms with Gasteiger partial charge in [-0.1, -0.05) is 13.8 Å². The molecule has 0 aliphatic carbocycles. The van der Waals surface area contributed by atoms with Crippen LogP contribution in [-0.4, -0.2) is 23.5 Å². The fourth-order valence-corrected chi connectivity index (χ4v) is 1.97. The largest absolute Gasteiger partial charge is 0.399 e. The van der Waals surface area contributed by atoms with E-state index < -0.39 is 0 Å². The van der Waals surface area contributed by atoms with Crippen molar-refractivity contribution in [2.24, 2.45) is 5.92 Å². The van der Waals surface area contributed by atoms with Crippen LogP contribution < -0.4 is 16.4 Å². The molecule has 0 saturated heterocycles. The first kappa shape index (κ1) is 15.1. The molecule has 1 amide bonds. The van der Waals surface area contributed by atoms with E-state index in [1.54, 1.807) is 0 Å². The molecule has 2 aromatic rings. The summed E-state index contributed by atoms with van der Waals surface area (Å²) in [5.41, 5.74) is 7.31. The van der Waals surface area contributed by atoms with E-state index in [0.29, 0.717) is 24.0 Å². The van der Waals surface area contributed by atoms with Gasteiger partial charge in [-0.25, -0.2) is 4.98 Å². The number of benzene rings is 1. The van der Waals surface area contributed by atoms with E-state index in [1.165, 1.54) is 0 Å². The number of nitrogens with one attached hydrogen (secondary N) is 2. The summed E-state index contributed by atoms with van der Waals surface area (Å²) in [6, 6.07) is 9.04. The molecule has 1 aromatic heterocycles. The number of carbonyl (C=O) groups excluding carboxylic acids is 1. The monoisotopic (exact) mass is 286 g/mol. The smallest absolute Gasteiger partial charge is 0.242 e. The third-order valence-corrected chi connectivity index (χ3v) is 3.16. The first-order chi connectivity index (χ1) is 9.95. The molecule has 21 heavy (non-hydrogen) atoms. The highest BCUT2D eigenvalue weighted by Crippen LogP contribution is 2.18. The molecule has 1 heterocycles. The maximum atomic E-state index is 11.9.